The molecule has 0 aliphatic carbocycles. The van der Waals surface area contributed by atoms with Crippen molar-refractivity contribution >= 4 is 0 Å². The van der Waals surface area contributed by atoms with Gasteiger partial charge in [0.2, 0.25) is 0 Å². The van der Waals surface area contributed by atoms with E-state index in [4.69, 9.17) is 0 Å². The minimum absolute atomic E-state index is 0.167. The summed E-state index contributed by atoms with van der Waals surface area (Å²) in [6.45, 7) is 4.21. The molecule has 76 valence electrons. The quantitative estimate of drug-likeness (QED) is 0.488. The number of quaternary nitrogens is 2. The summed E-state index contributed by atoms with van der Waals surface area (Å²) in [6, 6.07) is 0. The van der Waals surface area contributed by atoms with Gasteiger partial charge in [-0.15, -0.1) is 0 Å². The fourth-order valence-corrected chi connectivity index (χ4v) is 0.277. The number of hydroxylamine groups is 2. The number of rotatable bonds is 4. The molecule has 12 heavy (non-hydrogen) atoms. The lowest BCUT2D eigenvalue weighted by atomic mass is 10.9. The Morgan fingerprint density at radius 2 is 1.25 bits per heavy atom. The van der Waals surface area contributed by atoms with Gasteiger partial charge in [0.1, 0.15) is 13.2 Å². The van der Waals surface area contributed by atoms with Crippen molar-refractivity contribution in [2.45, 2.75) is 13.8 Å². The van der Waals surface area contributed by atoms with Crippen LogP contribution in [-0.2, 0) is 9.68 Å². The highest BCUT2D eigenvalue weighted by molar-refractivity contribution is 3.96. The smallest absolute Gasteiger partial charge is 0.108 e. The van der Waals surface area contributed by atoms with Crippen molar-refractivity contribution < 1.29 is 20.1 Å². The van der Waals surface area contributed by atoms with E-state index >= 15 is 0 Å². The Balaban J connectivity index is 0. The monoisotopic (exact) mass is 182 g/mol. The first-order valence-corrected chi connectivity index (χ1v) is 3.81. The van der Waals surface area contributed by atoms with Crippen molar-refractivity contribution in [2.75, 3.05) is 27.3 Å². The van der Waals surface area contributed by atoms with E-state index in [-0.39, 0.29) is 5.06 Å². The SMILES string of the molecule is CCO[NH+]([O-])OCC.C[NH+](C)[O-]. The standard InChI is InChI=1S/C4H11NO3.C2H7NO/c1-3-7-5(6)8-4-2;1-3(2)4/h5H,3-4H2,1-2H3;3H,1-2H3. The molecule has 0 aliphatic heterocycles. The first-order chi connectivity index (χ1) is 5.54. The fourth-order valence-electron chi connectivity index (χ4n) is 0.277. The van der Waals surface area contributed by atoms with Gasteiger partial charge in [0.25, 0.3) is 0 Å². The highest BCUT2D eigenvalue weighted by Crippen LogP contribution is 1.57. The molecule has 0 aromatic carbocycles. The highest BCUT2D eigenvalue weighted by atomic mass is 17.1. The Kier molecular flexibility index (Phi) is 12.8. The van der Waals surface area contributed by atoms with Crippen LogP contribution in [-0.4, -0.2) is 27.3 Å². The van der Waals surface area contributed by atoms with Gasteiger partial charge in [-0.3, -0.25) is 0 Å². The second kappa shape index (κ2) is 10.8. The highest BCUT2D eigenvalue weighted by Gasteiger charge is 1.90. The zero-order valence-corrected chi connectivity index (χ0v) is 8.05. The molecule has 0 spiro atoms. The Morgan fingerprint density at radius 3 is 1.42 bits per heavy atom. The summed E-state index contributed by atoms with van der Waals surface area (Å²) in [6.07, 6.45) is 0. The number of hydrogen-bond acceptors (Lipinski definition) is 4. The topological polar surface area (TPSA) is 73.5 Å². The van der Waals surface area contributed by atoms with Crippen LogP contribution in [0.15, 0.2) is 0 Å². The first kappa shape index (κ1) is 14.3. The summed E-state index contributed by atoms with van der Waals surface area (Å²) in [5.41, 5.74) is 0. The lowest BCUT2D eigenvalue weighted by molar-refractivity contribution is -1.21. The average molecular weight is 182 g/mol. The van der Waals surface area contributed by atoms with Crippen molar-refractivity contribution in [1.82, 2.24) is 0 Å². The Morgan fingerprint density at radius 1 is 1.00 bits per heavy atom. The minimum atomic E-state index is -0.588. The molecule has 0 heterocycles. The molecule has 0 aliphatic rings. The maximum absolute atomic E-state index is 10.2. The van der Waals surface area contributed by atoms with Gasteiger partial charge >= 0.3 is 0 Å². The van der Waals surface area contributed by atoms with Crippen LogP contribution < -0.4 is 10.5 Å². The summed E-state index contributed by atoms with van der Waals surface area (Å²) in [5.74, 6) is 0. The average Bonchev–Trinajstić information content (AvgIpc) is 1.87. The predicted octanol–water partition coefficient (Wildman–Crippen LogP) is -2.10. The van der Waals surface area contributed by atoms with Gasteiger partial charge in [-0.05, 0) is 13.8 Å². The van der Waals surface area contributed by atoms with Crippen LogP contribution >= 0.6 is 0 Å². The van der Waals surface area contributed by atoms with E-state index in [1.807, 2.05) is 0 Å². The van der Waals surface area contributed by atoms with Crippen LogP contribution in [0, 0.1) is 10.4 Å². The normalized spacial score (nSPS) is 10.0. The molecular weight excluding hydrogens is 164 g/mol. The second-order valence-corrected chi connectivity index (χ2v) is 2.02. The Labute approximate surface area is 72.7 Å². The molecule has 0 radical (unpaired) electrons. The molecule has 0 atom stereocenters. The minimum Gasteiger partial charge on any atom is -0.635 e. The summed E-state index contributed by atoms with van der Waals surface area (Å²) in [7, 11) is 3.06. The van der Waals surface area contributed by atoms with Crippen LogP contribution in [0.3, 0.4) is 0 Å². The van der Waals surface area contributed by atoms with Crippen LogP contribution in [0.1, 0.15) is 13.8 Å². The van der Waals surface area contributed by atoms with Gasteiger partial charge < -0.3 is 15.5 Å². The third-order valence-electron chi connectivity index (χ3n) is 0.524. The molecule has 0 unspecified atom stereocenters. The third kappa shape index (κ3) is 22.6. The van der Waals surface area contributed by atoms with Crippen LogP contribution in [0.5, 0.6) is 0 Å². The van der Waals surface area contributed by atoms with Gasteiger partial charge in [-0.2, -0.15) is 9.68 Å². The van der Waals surface area contributed by atoms with Crippen LogP contribution in [0.2, 0.25) is 0 Å². The summed E-state index contributed by atoms with van der Waals surface area (Å²) in [4.78, 5) is 8.84. The molecule has 0 saturated carbocycles. The van der Waals surface area contributed by atoms with E-state index in [1.54, 1.807) is 13.8 Å². The zero-order chi connectivity index (χ0) is 9.98. The molecule has 2 N–H and O–H groups in total. The summed E-state index contributed by atoms with van der Waals surface area (Å²) < 4.78 is 0. The Bertz CT molecular complexity index is 73.2. The summed E-state index contributed by atoms with van der Waals surface area (Å²) in [5, 5.41) is 19.2. The van der Waals surface area contributed by atoms with Gasteiger partial charge in [0, 0.05) is 0 Å². The maximum Gasteiger partial charge on any atom is 0.108 e. The van der Waals surface area contributed by atoms with Crippen molar-refractivity contribution in [2.24, 2.45) is 0 Å². The maximum atomic E-state index is 10.2. The van der Waals surface area contributed by atoms with E-state index in [1.165, 1.54) is 14.1 Å². The fraction of sp³-hybridized carbons (Fsp3) is 1.00. The molecule has 6 heteroatoms. The molecule has 0 fully saturated rings. The van der Waals surface area contributed by atoms with Crippen molar-refractivity contribution in [3.63, 3.8) is 0 Å². The lowest BCUT2D eigenvalue weighted by Gasteiger charge is -2.14. The van der Waals surface area contributed by atoms with E-state index in [0.717, 1.165) is 0 Å². The third-order valence-corrected chi connectivity index (χ3v) is 0.524. The van der Waals surface area contributed by atoms with E-state index in [9.17, 15) is 10.4 Å². The first-order valence-electron chi connectivity index (χ1n) is 3.81. The van der Waals surface area contributed by atoms with E-state index in [2.05, 4.69) is 9.68 Å². The van der Waals surface area contributed by atoms with Gasteiger partial charge in [0.15, 0.2) is 0 Å². The number of nitrogens with one attached hydrogen (secondary N) is 2. The molecule has 0 rings (SSSR count). The molecule has 0 aromatic rings. The molecule has 0 saturated heterocycles. The second-order valence-electron chi connectivity index (χ2n) is 2.02. The largest absolute Gasteiger partial charge is 0.635 e. The molecule has 0 bridgehead atoms. The van der Waals surface area contributed by atoms with E-state index < -0.39 is 5.39 Å². The molecular formula is C6H18N2O4. The zero-order valence-electron chi connectivity index (χ0n) is 8.05. The predicted molar refractivity (Wildman–Crippen MR) is 43.8 cm³/mol. The van der Waals surface area contributed by atoms with Gasteiger partial charge in [0.05, 0.1) is 14.1 Å². The van der Waals surface area contributed by atoms with Crippen molar-refractivity contribution in [3.05, 3.63) is 10.4 Å². The van der Waals surface area contributed by atoms with Crippen molar-refractivity contribution in [3.8, 4) is 0 Å². The number of hydrogen-bond donors (Lipinski definition) is 2. The van der Waals surface area contributed by atoms with Crippen LogP contribution in [0.25, 0.3) is 0 Å². The lowest BCUT2D eigenvalue weighted by Crippen LogP contribution is -3.05. The van der Waals surface area contributed by atoms with Crippen LogP contribution in [0.4, 0.5) is 0 Å². The van der Waals surface area contributed by atoms with Crippen molar-refractivity contribution in [1.29, 1.82) is 0 Å². The molecule has 0 aromatic heterocycles. The Hall–Kier alpha value is -0.240. The summed E-state index contributed by atoms with van der Waals surface area (Å²) >= 11 is 0. The van der Waals surface area contributed by atoms with Gasteiger partial charge in [-0.25, -0.2) is 0 Å². The molecule has 0 amide bonds. The van der Waals surface area contributed by atoms with E-state index in [0.29, 0.717) is 13.2 Å². The van der Waals surface area contributed by atoms with Gasteiger partial charge in [-0.1, -0.05) is 5.39 Å². The molecule has 6 nitrogen and oxygen atoms in total.